The molecule has 0 bridgehead atoms. The van der Waals surface area contributed by atoms with Gasteiger partial charge >= 0.3 is 0 Å². The molecule has 0 aliphatic heterocycles. The summed E-state index contributed by atoms with van der Waals surface area (Å²) < 4.78 is 2.22. The van der Waals surface area contributed by atoms with Crippen LogP contribution in [0.5, 0.6) is 0 Å². The third kappa shape index (κ3) is 3.70. The highest BCUT2D eigenvalue weighted by molar-refractivity contribution is 7.09. The Morgan fingerprint density at radius 1 is 1.40 bits per heavy atom. The zero-order valence-electron chi connectivity index (χ0n) is 13.1. The molecule has 0 saturated heterocycles. The lowest BCUT2D eigenvalue weighted by atomic mass is 9.93. The SMILES string of the molecule is CCNC(C)c1ccn(Cc2nc(C(C)(C)C)cs2)c1. The lowest BCUT2D eigenvalue weighted by Crippen LogP contribution is -2.17. The van der Waals surface area contributed by atoms with Crippen molar-refractivity contribution in [3.8, 4) is 0 Å². The van der Waals surface area contributed by atoms with Crippen molar-refractivity contribution in [1.82, 2.24) is 14.9 Å². The number of aromatic nitrogens is 2. The molecular formula is C16H25N3S. The first kappa shape index (κ1) is 15.3. The summed E-state index contributed by atoms with van der Waals surface area (Å²) in [6.45, 7) is 12.8. The average Bonchev–Trinajstić information content (AvgIpc) is 2.98. The molecular weight excluding hydrogens is 266 g/mol. The molecule has 110 valence electrons. The summed E-state index contributed by atoms with van der Waals surface area (Å²) in [4.78, 5) is 4.75. The minimum Gasteiger partial charge on any atom is -0.347 e. The Morgan fingerprint density at radius 2 is 2.15 bits per heavy atom. The third-order valence-electron chi connectivity index (χ3n) is 3.42. The van der Waals surface area contributed by atoms with Crippen molar-refractivity contribution in [3.63, 3.8) is 0 Å². The summed E-state index contributed by atoms with van der Waals surface area (Å²) in [6, 6.07) is 2.59. The van der Waals surface area contributed by atoms with E-state index in [1.54, 1.807) is 11.3 Å². The fraction of sp³-hybridized carbons (Fsp3) is 0.562. The Morgan fingerprint density at radius 3 is 2.75 bits per heavy atom. The molecule has 0 aromatic carbocycles. The molecule has 1 unspecified atom stereocenters. The topological polar surface area (TPSA) is 29.9 Å². The van der Waals surface area contributed by atoms with Gasteiger partial charge in [0.2, 0.25) is 0 Å². The second-order valence-corrected chi connectivity index (χ2v) is 7.22. The van der Waals surface area contributed by atoms with Gasteiger partial charge in [0, 0.05) is 29.2 Å². The van der Waals surface area contributed by atoms with Crippen molar-refractivity contribution >= 4 is 11.3 Å². The van der Waals surface area contributed by atoms with Gasteiger partial charge in [-0.2, -0.15) is 0 Å². The summed E-state index contributed by atoms with van der Waals surface area (Å²) in [5, 5.41) is 6.79. The third-order valence-corrected chi connectivity index (χ3v) is 4.26. The van der Waals surface area contributed by atoms with Crippen molar-refractivity contribution in [2.75, 3.05) is 6.54 Å². The van der Waals surface area contributed by atoms with Crippen LogP contribution in [0.3, 0.4) is 0 Å². The van der Waals surface area contributed by atoms with E-state index in [0.29, 0.717) is 6.04 Å². The van der Waals surface area contributed by atoms with E-state index in [2.05, 4.69) is 68.3 Å². The van der Waals surface area contributed by atoms with E-state index in [4.69, 9.17) is 4.98 Å². The fourth-order valence-electron chi connectivity index (χ4n) is 2.12. The molecule has 1 atom stereocenters. The van der Waals surface area contributed by atoms with Crippen LogP contribution >= 0.6 is 11.3 Å². The zero-order valence-corrected chi connectivity index (χ0v) is 13.9. The maximum atomic E-state index is 4.75. The Bertz CT molecular complexity index is 548. The first-order chi connectivity index (χ1) is 9.40. The maximum Gasteiger partial charge on any atom is 0.113 e. The summed E-state index contributed by atoms with van der Waals surface area (Å²) in [7, 11) is 0. The van der Waals surface area contributed by atoms with E-state index in [9.17, 15) is 0 Å². The van der Waals surface area contributed by atoms with Gasteiger partial charge in [0.25, 0.3) is 0 Å². The summed E-state index contributed by atoms with van der Waals surface area (Å²) >= 11 is 1.75. The maximum absolute atomic E-state index is 4.75. The number of hydrogen-bond donors (Lipinski definition) is 1. The normalized spacial score (nSPS) is 13.7. The van der Waals surface area contributed by atoms with E-state index in [-0.39, 0.29) is 5.41 Å². The number of hydrogen-bond acceptors (Lipinski definition) is 3. The van der Waals surface area contributed by atoms with Gasteiger partial charge in [-0.1, -0.05) is 27.7 Å². The van der Waals surface area contributed by atoms with Gasteiger partial charge in [0.05, 0.1) is 12.2 Å². The molecule has 0 saturated carbocycles. The molecule has 0 aliphatic carbocycles. The van der Waals surface area contributed by atoms with Gasteiger partial charge in [-0.3, -0.25) is 0 Å². The van der Waals surface area contributed by atoms with E-state index in [1.807, 2.05) is 0 Å². The van der Waals surface area contributed by atoms with Crippen LogP contribution in [0.25, 0.3) is 0 Å². The van der Waals surface area contributed by atoms with Crippen molar-refractivity contribution < 1.29 is 0 Å². The first-order valence-corrected chi connectivity index (χ1v) is 8.12. The molecule has 3 nitrogen and oxygen atoms in total. The number of rotatable bonds is 5. The van der Waals surface area contributed by atoms with Crippen LogP contribution in [0.1, 0.15) is 56.9 Å². The highest BCUT2D eigenvalue weighted by atomic mass is 32.1. The Kier molecular flexibility index (Phi) is 4.66. The molecule has 4 heteroatoms. The minimum absolute atomic E-state index is 0.135. The standard InChI is InChI=1S/C16H25N3S/c1-6-17-12(2)13-7-8-19(9-13)10-15-18-14(11-20-15)16(3,4)5/h7-9,11-12,17H,6,10H2,1-5H3. The molecule has 2 heterocycles. The van der Waals surface area contributed by atoms with Gasteiger partial charge in [-0.05, 0) is 25.1 Å². The summed E-state index contributed by atoms with van der Waals surface area (Å²) in [6.07, 6.45) is 4.35. The van der Waals surface area contributed by atoms with Crippen LogP contribution in [0.15, 0.2) is 23.8 Å². The van der Waals surface area contributed by atoms with Gasteiger partial charge in [0.1, 0.15) is 5.01 Å². The molecule has 0 aliphatic rings. The second-order valence-electron chi connectivity index (χ2n) is 6.27. The Hall–Kier alpha value is -1.13. The monoisotopic (exact) mass is 291 g/mol. The molecule has 2 aromatic heterocycles. The predicted molar refractivity (Wildman–Crippen MR) is 86.4 cm³/mol. The lowest BCUT2D eigenvalue weighted by Gasteiger charge is -2.14. The van der Waals surface area contributed by atoms with Crippen LogP contribution in [-0.2, 0) is 12.0 Å². The molecule has 0 radical (unpaired) electrons. The molecule has 0 spiro atoms. The van der Waals surface area contributed by atoms with Crippen molar-refractivity contribution in [2.24, 2.45) is 0 Å². The van der Waals surface area contributed by atoms with E-state index in [0.717, 1.165) is 13.1 Å². The highest BCUT2D eigenvalue weighted by Crippen LogP contribution is 2.24. The molecule has 1 N–H and O–H groups in total. The lowest BCUT2D eigenvalue weighted by molar-refractivity contribution is 0.569. The van der Waals surface area contributed by atoms with E-state index < -0.39 is 0 Å². The van der Waals surface area contributed by atoms with Gasteiger partial charge in [0.15, 0.2) is 0 Å². The Balaban J connectivity index is 2.05. The van der Waals surface area contributed by atoms with Crippen LogP contribution < -0.4 is 5.32 Å². The second kappa shape index (κ2) is 6.10. The smallest absolute Gasteiger partial charge is 0.113 e. The minimum atomic E-state index is 0.135. The predicted octanol–water partition coefficient (Wildman–Crippen LogP) is 3.96. The average molecular weight is 291 g/mol. The largest absolute Gasteiger partial charge is 0.347 e. The molecule has 0 fully saturated rings. The van der Waals surface area contributed by atoms with E-state index in [1.165, 1.54) is 16.3 Å². The van der Waals surface area contributed by atoms with Gasteiger partial charge < -0.3 is 9.88 Å². The Labute approximate surface area is 126 Å². The van der Waals surface area contributed by atoms with Gasteiger partial charge in [-0.15, -0.1) is 11.3 Å². The first-order valence-electron chi connectivity index (χ1n) is 7.24. The summed E-state index contributed by atoms with van der Waals surface area (Å²) in [5.41, 5.74) is 2.65. The van der Waals surface area contributed by atoms with Gasteiger partial charge in [-0.25, -0.2) is 4.98 Å². The molecule has 20 heavy (non-hydrogen) atoms. The van der Waals surface area contributed by atoms with E-state index >= 15 is 0 Å². The molecule has 2 rings (SSSR count). The number of nitrogens with one attached hydrogen (secondary N) is 1. The van der Waals surface area contributed by atoms with Crippen molar-refractivity contribution in [2.45, 2.75) is 52.6 Å². The zero-order chi connectivity index (χ0) is 14.8. The van der Waals surface area contributed by atoms with Crippen LogP contribution in [0.4, 0.5) is 0 Å². The number of nitrogens with zero attached hydrogens (tertiary/aromatic N) is 2. The van der Waals surface area contributed by atoms with Crippen LogP contribution in [0.2, 0.25) is 0 Å². The highest BCUT2D eigenvalue weighted by Gasteiger charge is 2.17. The molecule has 2 aromatic rings. The fourth-order valence-corrected chi connectivity index (χ4v) is 3.15. The number of thiazole rings is 1. The van der Waals surface area contributed by atoms with Crippen molar-refractivity contribution in [1.29, 1.82) is 0 Å². The summed E-state index contributed by atoms with van der Waals surface area (Å²) in [5.74, 6) is 0. The quantitative estimate of drug-likeness (QED) is 0.903. The van der Waals surface area contributed by atoms with Crippen molar-refractivity contribution in [3.05, 3.63) is 40.1 Å². The molecule has 0 amide bonds. The van der Waals surface area contributed by atoms with Crippen LogP contribution in [-0.4, -0.2) is 16.1 Å². The van der Waals surface area contributed by atoms with Crippen LogP contribution in [0, 0.1) is 0 Å².